The van der Waals surface area contributed by atoms with Gasteiger partial charge in [-0.05, 0) is 68.9 Å². The van der Waals surface area contributed by atoms with Crippen LogP contribution in [0.4, 0.5) is 4.79 Å². The molecule has 0 N–H and O–H groups in total. The molecule has 0 saturated carbocycles. The molecule has 6 heteroatoms. The molecule has 0 saturated heterocycles. The number of esters is 1. The SMILES string of the molecule is COC(=O)CCC1c2ccc(OCc3ccccc3)cc2CCCN1C(=O)OC(C)(C)C. The van der Waals surface area contributed by atoms with Gasteiger partial charge in [0, 0.05) is 13.0 Å². The highest BCUT2D eigenvalue weighted by atomic mass is 16.6. The van der Waals surface area contributed by atoms with E-state index in [-0.39, 0.29) is 24.5 Å². The first-order chi connectivity index (χ1) is 15.3. The molecular formula is C26H33NO5. The van der Waals surface area contributed by atoms with Crippen LogP contribution in [0.25, 0.3) is 0 Å². The predicted octanol–water partition coefficient (Wildman–Crippen LogP) is 5.44. The molecule has 0 radical (unpaired) electrons. The van der Waals surface area contributed by atoms with Crippen molar-refractivity contribution in [2.24, 2.45) is 0 Å². The highest BCUT2D eigenvalue weighted by molar-refractivity contribution is 5.71. The number of fused-ring (bicyclic) bond motifs is 1. The van der Waals surface area contributed by atoms with Gasteiger partial charge in [0.2, 0.25) is 0 Å². The van der Waals surface area contributed by atoms with E-state index in [4.69, 9.17) is 14.2 Å². The van der Waals surface area contributed by atoms with E-state index in [0.717, 1.165) is 35.3 Å². The van der Waals surface area contributed by atoms with Crippen molar-refractivity contribution in [1.82, 2.24) is 4.90 Å². The number of carbonyl (C=O) groups excluding carboxylic acids is 2. The summed E-state index contributed by atoms with van der Waals surface area (Å²) in [5.41, 5.74) is 2.68. The lowest BCUT2D eigenvalue weighted by Crippen LogP contribution is -2.39. The van der Waals surface area contributed by atoms with Crippen LogP contribution in [0.2, 0.25) is 0 Å². The summed E-state index contributed by atoms with van der Waals surface area (Å²) in [6, 6.07) is 15.8. The average molecular weight is 440 g/mol. The zero-order chi connectivity index (χ0) is 23.1. The molecule has 0 bridgehead atoms. The van der Waals surface area contributed by atoms with Gasteiger partial charge in [0.1, 0.15) is 18.0 Å². The maximum absolute atomic E-state index is 13.0. The van der Waals surface area contributed by atoms with Crippen LogP contribution in [0.15, 0.2) is 48.5 Å². The Labute approximate surface area is 190 Å². The lowest BCUT2D eigenvalue weighted by Gasteiger charge is -2.33. The van der Waals surface area contributed by atoms with Crippen molar-refractivity contribution in [3.63, 3.8) is 0 Å². The van der Waals surface area contributed by atoms with Crippen molar-refractivity contribution >= 4 is 12.1 Å². The van der Waals surface area contributed by atoms with Crippen molar-refractivity contribution in [2.45, 2.75) is 64.7 Å². The summed E-state index contributed by atoms with van der Waals surface area (Å²) in [5.74, 6) is 0.507. The Kier molecular flexibility index (Phi) is 7.78. The maximum atomic E-state index is 13.0. The van der Waals surface area contributed by atoms with Gasteiger partial charge in [0.15, 0.2) is 0 Å². The third kappa shape index (κ3) is 6.49. The number of rotatable bonds is 6. The largest absolute Gasteiger partial charge is 0.489 e. The number of methoxy groups -OCH3 is 1. The van der Waals surface area contributed by atoms with Crippen molar-refractivity contribution < 1.29 is 23.8 Å². The molecule has 3 rings (SSSR count). The molecule has 1 aliphatic rings. The third-order valence-electron chi connectivity index (χ3n) is 5.42. The second-order valence-corrected chi connectivity index (χ2v) is 9.04. The summed E-state index contributed by atoms with van der Waals surface area (Å²) >= 11 is 0. The molecule has 172 valence electrons. The fraction of sp³-hybridized carbons (Fsp3) is 0.462. The highest BCUT2D eigenvalue weighted by Gasteiger charge is 2.32. The van der Waals surface area contributed by atoms with E-state index in [1.807, 2.05) is 63.2 Å². The minimum Gasteiger partial charge on any atom is -0.489 e. The Balaban J connectivity index is 1.84. The molecule has 1 atom stereocenters. The van der Waals surface area contributed by atoms with Crippen LogP contribution >= 0.6 is 0 Å². The molecule has 0 aliphatic carbocycles. The molecule has 0 fully saturated rings. The number of benzene rings is 2. The van der Waals surface area contributed by atoms with Crippen molar-refractivity contribution in [2.75, 3.05) is 13.7 Å². The number of aryl methyl sites for hydroxylation is 1. The molecule has 0 spiro atoms. The van der Waals surface area contributed by atoms with Crippen molar-refractivity contribution in [1.29, 1.82) is 0 Å². The van der Waals surface area contributed by atoms with Gasteiger partial charge in [-0.1, -0.05) is 36.4 Å². The van der Waals surface area contributed by atoms with Crippen molar-refractivity contribution in [3.8, 4) is 5.75 Å². The van der Waals surface area contributed by atoms with E-state index in [2.05, 4.69) is 6.07 Å². The van der Waals surface area contributed by atoms with Gasteiger partial charge in [-0.3, -0.25) is 4.79 Å². The Morgan fingerprint density at radius 2 is 1.84 bits per heavy atom. The average Bonchev–Trinajstić information content (AvgIpc) is 2.94. The maximum Gasteiger partial charge on any atom is 0.410 e. The van der Waals surface area contributed by atoms with Crippen LogP contribution in [-0.4, -0.2) is 36.2 Å². The highest BCUT2D eigenvalue weighted by Crippen LogP contribution is 2.35. The summed E-state index contributed by atoms with van der Waals surface area (Å²) in [7, 11) is 1.38. The van der Waals surface area contributed by atoms with E-state index < -0.39 is 5.60 Å². The number of hydrogen-bond donors (Lipinski definition) is 0. The smallest absolute Gasteiger partial charge is 0.410 e. The van der Waals surface area contributed by atoms with Gasteiger partial charge >= 0.3 is 12.1 Å². The Bertz CT molecular complexity index is 920. The fourth-order valence-electron chi connectivity index (χ4n) is 3.93. The molecule has 0 aromatic heterocycles. The summed E-state index contributed by atoms with van der Waals surface area (Å²) in [6.07, 6.45) is 1.98. The second-order valence-electron chi connectivity index (χ2n) is 9.04. The number of ether oxygens (including phenoxy) is 3. The van der Waals surface area contributed by atoms with Crippen LogP contribution in [0.1, 0.15) is 62.8 Å². The zero-order valence-electron chi connectivity index (χ0n) is 19.4. The molecule has 32 heavy (non-hydrogen) atoms. The summed E-state index contributed by atoms with van der Waals surface area (Å²) < 4.78 is 16.5. The molecule has 1 aliphatic heterocycles. The molecule has 2 aromatic rings. The number of amides is 1. The van der Waals surface area contributed by atoms with E-state index in [1.165, 1.54) is 7.11 Å². The fourth-order valence-corrected chi connectivity index (χ4v) is 3.93. The number of nitrogens with zero attached hydrogens (tertiary/aromatic N) is 1. The Hall–Kier alpha value is -3.02. The normalized spacial score (nSPS) is 16.0. The van der Waals surface area contributed by atoms with Crippen LogP contribution in [-0.2, 0) is 27.3 Å². The standard InChI is InChI=1S/C26H33NO5/c1-26(2,3)32-25(29)27-16-8-11-20-17-21(31-18-19-9-6-5-7-10-19)12-13-22(20)23(27)14-15-24(28)30-4/h5-7,9-10,12-13,17,23H,8,11,14-16,18H2,1-4H3. The summed E-state index contributed by atoms with van der Waals surface area (Å²) in [5, 5.41) is 0. The van der Waals surface area contributed by atoms with Gasteiger partial charge < -0.3 is 19.1 Å². The first kappa shape index (κ1) is 23.6. The Morgan fingerprint density at radius 3 is 2.53 bits per heavy atom. The van der Waals surface area contributed by atoms with E-state index in [1.54, 1.807) is 4.90 Å². The van der Waals surface area contributed by atoms with E-state index in [9.17, 15) is 9.59 Å². The Morgan fingerprint density at radius 1 is 1.09 bits per heavy atom. The number of carbonyl (C=O) groups is 2. The number of hydrogen-bond acceptors (Lipinski definition) is 5. The summed E-state index contributed by atoms with van der Waals surface area (Å²) in [4.78, 5) is 26.6. The quantitative estimate of drug-likeness (QED) is 0.561. The molecule has 1 amide bonds. The van der Waals surface area contributed by atoms with E-state index >= 15 is 0 Å². The monoisotopic (exact) mass is 439 g/mol. The minimum absolute atomic E-state index is 0.228. The first-order valence-electron chi connectivity index (χ1n) is 11.1. The lowest BCUT2D eigenvalue weighted by molar-refractivity contribution is -0.141. The molecular weight excluding hydrogens is 406 g/mol. The summed E-state index contributed by atoms with van der Waals surface area (Å²) in [6.45, 7) is 6.63. The van der Waals surface area contributed by atoms with Gasteiger partial charge in [-0.2, -0.15) is 0 Å². The lowest BCUT2D eigenvalue weighted by atomic mass is 9.95. The van der Waals surface area contributed by atoms with Crippen LogP contribution in [0, 0.1) is 0 Å². The van der Waals surface area contributed by atoms with Crippen LogP contribution in [0.3, 0.4) is 0 Å². The third-order valence-corrected chi connectivity index (χ3v) is 5.42. The molecule has 6 nitrogen and oxygen atoms in total. The van der Waals surface area contributed by atoms with Gasteiger partial charge in [-0.15, -0.1) is 0 Å². The molecule has 1 heterocycles. The van der Waals surface area contributed by atoms with Gasteiger partial charge in [-0.25, -0.2) is 4.79 Å². The topological polar surface area (TPSA) is 65.1 Å². The minimum atomic E-state index is -0.589. The van der Waals surface area contributed by atoms with Crippen LogP contribution < -0.4 is 4.74 Å². The second kappa shape index (κ2) is 10.5. The molecule has 2 aromatic carbocycles. The van der Waals surface area contributed by atoms with Crippen LogP contribution in [0.5, 0.6) is 5.75 Å². The van der Waals surface area contributed by atoms with E-state index in [0.29, 0.717) is 19.6 Å². The molecule has 1 unspecified atom stereocenters. The zero-order valence-corrected chi connectivity index (χ0v) is 19.4. The van der Waals surface area contributed by atoms with Gasteiger partial charge in [0.05, 0.1) is 13.2 Å². The van der Waals surface area contributed by atoms with Gasteiger partial charge in [0.25, 0.3) is 0 Å². The van der Waals surface area contributed by atoms with Crippen molar-refractivity contribution in [3.05, 3.63) is 65.2 Å². The first-order valence-corrected chi connectivity index (χ1v) is 11.1. The predicted molar refractivity (Wildman–Crippen MR) is 122 cm³/mol.